The number of carbonyl (C=O) groups is 1. The van der Waals surface area contributed by atoms with Crippen molar-refractivity contribution < 1.29 is 14.3 Å². The van der Waals surface area contributed by atoms with E-state index in [9.17, 15) is 4.79 Å². The predicted octanol–water partition coefficient (Wildman–Crippen LogP) is 2.69. The Bertz CT molecular complexity index is 424. The van der Waals surface area contributed by atoms with E-state index in [1.54, 1.807) is 7.11 Å². The van der Waals surface area contributed by atoms with Crippen molar-refractivity contribution in [2.45, 2.75) is 39.3 Å². The Morgan fingerprint density at radius 1 is 1.32 bits per heavy atom. The minimum atomic E-state index is -0.314. The van der Waals surface area contributed by atoms with E-state index in [1.165, 1.54) is 0 Å². The van der Waals surface area contributed by atoms with Crippen LogP contribution >= 0.6 is 0 Å². The molecule has 0 saturated heterocycles. The van der Waals surface area contributed by atoms with Gasteiger partial charge in [-0.25, -0.2) is 0 Å². The number of benzene rings is 1. The molecule has 1 atom stereocenters. The number of rotatable bonds is 5. The zero-order valence-electron chi connectivity index (χ0n) is 12.3. The van der Waals surface area contributed by atoms with Crippen molar-refractivity contribution in [3.8, 4) is 5.75 Å². The third-order valence-corrected chi connectivity index (χ3v) is 2.62. The minimum Gasteiger partial charge on any atom is -0.496 e. The maximum absolute atomic E-state index is 11.8. The first-order valence-corrected chi connectivity index (χ1v) is 6.39. The molecule has 0 spiro atoms. The van der Waals surface area contributed by atoms with E-state index in [-0.39, 0.29) is 24.2 Å². The van der Waals surface area contributed by atoms with Gasteiger partial charge in [-0.2, -0.15) is 0 Å². The number of ether oxygens (including phenoxy) is 2. The molecular formula is C15H23NO3. The van der Waals surface area contributed by atoms with Crippen LogP contribution in [0.1, 0.15) is 39.3 Å². The van der Waals surface area contributed by atoms with Crippen LogP contribution in [0.25, 0.3) is 0 Å². The molecule has 1 N–H and O–H groups in total. The van der Waals surface area contributed by atoms with Crippen LogP contribution < -0.4 is 10.1 Å². The molecule has 1 aromatic rings. The maximum Gasteiger partial charge on any atom is 0.246 e. The maximum atomic E-state index is 11.8. The van der Waals surface area contributed by atoms with E-state index < -0.39 is 0 Å². The second kappa shape index (κ2) is 6.57. The molecule has 1 amide bonds. The summed E-state index contributed by atoms with van der Waals surface area (Å²) in [6.45, 7) is 7.74. The zero-order valence-corrected chi connectivity index (χ0v) is 12.3. The Labute approximate surface area is 115 Å². The van der Waals surface area contributed by atoms with Gasteiger partial charge in [-0.15, -0.1) is 0 Å². The highest BCUT2D eigenvalue weighted by atomic mass is 16.5. The molecule has 0 aromatic heterocycles. The van der Waals surface area contributed by atoms with Crippen LogP contribution in [0.15, 0.2) is 24.3 Å². The molecule has 4 nitrogen and oxygen atoms in total. The number of hydrogen-bond donors (Lipinski definition) is 1. The molecule has 19 heavy (non-hydrogen) atoms. The summed E-state index contributed by atoms with van der Waals surface area (Å²) in [7, 11) is 1.62. The number of nitrogens with one attached hydrogen (secondary N) is 1. The summed E-state index contributed by atoms with van der Waals surface area (Å²) in [4.78, 5) is 11.8. The van der Waals surface area contributed by atoms with Crippen LogP contribution in [-0.4, -0.2) is 25.2 Å². The van der Waals surface area contributed by atoms with Crippen LogP contribution in [0.3, 0.4) is 0 Å². The molecule has 0 aliphatic heterocycles. The molecule has 1 rings (SSSR count). The topological polar surface area (TPSA) is 47.6 Å². The van der Waals surface area contributed by atoms with Crippen LogP contribution in [0.2, 0.25) is 0 Å². The molecule has 106 valence electrons. The standard InChI is InChI=1S/C15H23NO3/c1-11(12-8-6-7-9-13(12)18-5)16-14(17)10-19-15(2,3)4/h6-9,11H,10H2,1-5H3,(H,16,17)/t11-/m1/s1. The molecule has 0 radical (unpaired) electrons. The van der Waals surface area contributed by atoms with E-state index in [0.717, 1.165) is 11.3 Å². The normalized spacial score (nSPS) is 12.9. The van der Waals surface area contributed by atoms with Crippen molar-refractivity contribution >= 4 is 5.91 Å². The average molecular weight is 265 g/mol. The molecule has 0 fully saturated rings. The Morgan fingerprint density at radius 3 is 2.53 bits per heavy atom. The fourth-order valence-electron chi connectivity index (χ4n) is 1.67. The molecule has 0 heterocycles. The lowest BCUT2D eigenvalue weighted by Crippen LogP contribution is -2.33. The number of amides is 1. The molecule has 0 aliphatic rings. The van der Waals surface area contributed by atoms with Gasteiger partial charge in [0.15, 0.2) is 0 Å². The van der Waals surface area contributed by atoms with E-state index >= 15 is 0 Å². The summed E-state index contributed by atoms with van der Waals surface area (Å²) >= 11 is 0. The van der Waals surface area contributed by atoms with Gasteiger partial charge in [-0.1, -0.05) is 18.2 Å². The van der Waals surface area contributed by atoms with Crippen LogP contribution in [0.5, 0.6) is 5.75 Å². The number of methoxy groups -OCH3 is 1. The van der Waals surface area contributed by atoms with Gasteiger partial charge in [0.25, 0.3) is 0 Å². The van der Waals surface area contributed by atoms with Crippen molar-refractivity contribution in [2.24, 2.45) is 0 Å². The highest BCUT2D eigenvalue weighted by Crippen LogP contribution is 2.24. The lowest BCUT2D eigenvalue weighted by molar-refractivity contribution is -0.131. The lowest BCUT2D eigenvalue weighted by Gasteiger charge is -2.21. The van der Waals surface area contributed by atoms with Crippen LogP contribution in [0, 0.1) is 0 Å². The third kappa shape index (κ3) is 5.30. The van der Waals surface area contributed by atoms with Crippen molar-refractivity contribution in [1.82, 2.24) is 5.32 Å². The summed E-state index contributed by atoms with van der Waals surface area (Å²) in [5, 5.41) is 2.90. The summed E-state index contributed by atoms with van der Waals surface area (Å²) < 4.78 is 10.7. The van der Waals surface area contributed by atoms with Gasteiger partial charge < -0.3 is 14.8 Å². The molecule has 0 aliphatic carbocycles. The summed E-state index contributed by atoms with van der Waals surface area (Å²) in [5.41, 5.74) is 0.638. The van der Waals surface area contributed by atoms with Crippen LogP contribution in [0.4, 0.5) is 0 Å². The largest absolute Gasteiger partial charge is 0.496 e. The first-order valence-electron chi connectivity index (χ1n) is 6.39. The predicted molar refractivity (Wildman–Crippen MR) is 75.3 cm³/mol. The lowest BCUT2D eigenvalue weighted by atomic mass is 10.1. The molecule has 0 bridgehead atoms. The van der Waals surface area contributed by atoms with Crippen LogP contribution in [-0.2, 0) is 9.53 Å². The fourth-order valence-corrected chi connectivity index (χ4v) is 1.67. The third-order valence-electron chi connectivity index (χ3n) is 2.62. The number of para-hydroxylation sites is 1. The van der Waals surface area contributed by atoms with Crippen molar-refractivity contribution in [2.75, 3.05) is 13.7 Å². The Kier molecular flexibility index (Phi) is 5.36. The second-order valence-electron chi connectivity index (χ2n) is 5.43. The van der Waals surface area contributed by atoms with Gasteiger partial charge in [0.05, 0.1) is 18.8 Å². The second-order valence-corrected chi connectivity index (χ2v) is 5.43. The molecule has 1 aromatic carbocycles. The average Bonchev–Trinajstić information content (AvgIpc) is 2.35. The van der Waals surface area contributed by atoms with Crippen molar-refractivity contribution in [3.63, 3.8) is 0 Å². The quantitative estimate of drug-likeness (QED) is 0.890. The van der Waals surface area contributed by atoms with Crippen molar-refractivity contribution in [1.29, 1.82) is 0 Å². The van der Waals surface area contributed by atoms with Gasteiger partial charge in [0, 0.05) is 5.56 Å². The summed E-state index contributed by atoms with van der Waals surface area (Å²) in [5.74, 6) is 0.639. The summed E-state index contributed by atoms with van der Waals surface area (Å²) in [6, 6.07) is 7.52. The summed E-state index contributed by atoms with van der Waals surface area (Å²) in [6.07, 6.45) is 0. The first-order chi connectivity index (χ1) is 8.83. The van der Waals surface area contributed by atoms with Gasteiger partial charge in [-0.3, -0.25) is 4.79 Å². The van der Waals surface area contributed by atoms with Crippen molar-refractivity contribution in [3.05, 3.63) is 29.8 Å². The molecule has 0 saturated carbocycles. The van der Waals surface area contributed by atoms with Gasteiger partial charge in [-0.05, 0) is 33.8 Å². The van der Waals surface area contributed by atoms with Gasteiger partial charge >= 0.3 is 0 Å². The molecular weight excluding hydrogens is 242 g/mol. The smallest absolute Gasteiger partial charge is 0.246 e. The van der Waals surface area contributed by atoms with E-state index in [1.807, 2.05) is 52.0 Å². The molecule has 4 heteroatoms. The number of hydrogen-bond acceptors (Lipinski definition) is 3. The zero-order chi connectivity index (χ0) is 14.5. The van der Waals surface area contributed by atoms with E-state index in [4.69, 9.17) is 9.47 Å². The SMILES string of the molecule is COc1ccccc1[C@@H](C)NC(=O)COC(C)(C)C. The van der Waals surface area contributed by atoms with E-state index in [0.29, 0.717) is 0 Å². The van der Waals surface area contributed by atoms with E-state index in [2.05, 4.69) is 5.32 Å². The van der Waals surface area contributed by atoms with Gasteiger partial charge in [0.1, 0.15) is 12.4 Å². The Morgan fingerprint density at radius 2 is 1.95 bits per heavy atom. The minimum absolute atomic E-state index is 0.0585. The fraction of sp³-hybridized carbons (Fsp3) is 0.533. The monoisotopic (exact) mass is 265 g/mol. The molecule has 0 unspecified atom stereocenters. The van der Waals surface area contributed by atoms with Gasteiger partial charge in [0.2, 0.25) is 5.91 Å². The Hall–Kier alpha value is -1.55. The first kappa shape index (κ1) is 15.5. The Balaban J connectivity index is 2.59. The number of carbonyl (C=O) groups excluding carboxylic acids is 1. The highest BCUT2D eigenvalue weighted by Gasteiger charge is 2.16. The highest BCUT2D eigenvalue weighted by molar-refractivity contribution is 5.77.